The number of hydrogen-bond acceptors (Lipinski definition) is 2. The minimum absolute atomic E-state index is 0.880. The fraction of sp³-hybridized carbons (Fsp3) is 0.0769. The van der Waals surface area contributed by atoms with E-state index >= 15 is 0 Å². The van der Waals surface area contributed by atoms with Gasteiger partial charge in [0.15, 0.2) is 11.5 Å². The van der Waals surface area contributed by atoms with Crippen LogP contribution in [0.15, 0.2) is 45.3 Å². The van der Waals surface area contributed by atoms with Crippen LogP contribution in [0.5, 0.6) is 11.5 Å². The van der Waals surface area contributed by atoms with Crippen LogP contribution in [0.25, 0.3) is 0 Å². The van der Waals surface area contributed by atoms with Crippen molar-refractivity contribution in [3.63, 3.8) is 0 Å². The molecule has 0 amide bonds. The first-order chi connectivity index (χ1) is 8.15. The summed E-state index contributed by atoms with van der Waals surface area (Å²) in [7, 11) is 2.04. The van der Waals surface area contributed by atoms with Crippen LogP contribution in [0.1, 0.15) is 0 Å². The van der Waals surface area contributed by atoms with Gasteiger partial charge < -0.3 is 9.64 Å². The van der Waals surface area contributed by atoms with E-state index in [1.165, 1.54) is 0 Å². The van der Waals surface area contributed by atoms with E-state index in [9.17, 15) is 0 Å². The normalized spacial score (nSPS) is 12.8. The number of rotatable bonds is 0. The van der Waals surface area contributed by atoms with E-state index in [4.69, 9.17) is 4.74 Å². The zero-order chi connectivity index (χ0) is 12.0. The van der Waals surface area contributed by atoms with Crippen LogP contribution < -0.4 is 9.64 Å². The zero-order valence-electron chi connectivity index (χ0n) is 9.08. The first-order valence-electron chi connectivity index (χ1n) is 5.16. The Kier molecular flexibility index (Phi) is 2.64. The highest BCUT2D eigenvalue weighted by atomic mass is 79.9. The molecule has 0 spiro atoms. The Morgan fingerprint density at radius 2 is 1.35 bits per heavy atom. The molecule has 1 aliphatic rings. The van der Waals surface area contributed by atoms with Crippen molar-refractivity contribution in [2.45, 2.75) is 0 Å². The maximum Gasteiger partial charge on any atom is 0.151 e. The maximum absolute atomic E-state index is 5.87. The largest absolute Gasteiger partial charge is 0.453 e. The third kappa shape index (κ3) is 1.85. The lowest BCUT2D eigenvalue weighted by Crippen LogP contribution is -2.15. The Balaban J connectivity index is 2.18. The minimum Gasteiger partial charge on any atom is -0.453 e. The summed E-state index contributed by atoms with van der Waals surface area (Å²) >= 11 is 6.96. The van der Waals surface area contributed by atoms with Gasteiger partial charge in [0.25, 0.3) is 0 Å². The summed E-state index contributed by atoms with van der Waals surface area (Å²) in [6.07, 6.45) is 0. The molecule has 0 bridgehead atoms. The van der Waals surface area contributed by atoms with Crippen molar-refractivity contribution in [3.8, 4) is 11.5 Å². The molecule has 0 saturated carbocycles. The van der Waals surface area contributed by atoms with Gasteiger partial charge in [-0.05, 0) is 36.4 Å². The van der Waals surface area contributed by atoms with Gasteiger partial charge in [-0.3, -0.25) is 0 Å². The molecule has 2 nitrogen and oxygen atoms in total. The quantitative estimate of drug-likeness (QED) is 0.653. The Morgan fingerprint density at radius 3 is 1.82 bits per heavy atom. The molecule has 86 valence electrons. The molecular formula is C13H9Br2NO. The van der Waals surface area contributed by atoms with Gasteiger partial charge in [-0.1, -0.05) is 31.9 Å². The average molecular weight is 355 g/mol. The molecule has 1 heterocycles. The molecule has 0 aliphatic carbocycles. The van der Waals surface area contributed by atoms with Crippen molar-refractivity contribution in [3.05, 3.63) is 45.3 Å². The fourth-order valence-corrected chi connectivity index (χ4v) is 2.62. The lowest BCUT2D eigenvalue weighted by molar-refractivity contribution is 0.475. The number of halogens is 2. The van der Waals surface area contributed by atoms with E-state index in [0.29, 0.717) is 0 Å². The Labute approximate surface area is 116 Å². The van der Waals surface area contributed by atoms with E-state index in [2.05, 4.69) is 48.9 Å². The molecule has 2 aromatic rings. The molecule has 0 atom stereocenters. The Bertz CT molecular complexity index is 546. The third-order valence-corrected chi connectivity index (χ3v) is 3.77. The summed E-state index contributed by atoms with van der Waals surface area (Å²) < 4.78 is 7.97. The van der Waals surface area contributed by atoms with Gasteiger partial charge in [0.1, 0.15) is 0 Å². The average Bonchev–Trinajstić information content (AvgIpc) is 2.32. The molecule has 17 heavy (non-hydrogen) atoms. The first-order valence-corrected chi connectivity index (χ1v) is 6.74. The number of hydrogen-bond donors (Lipinski definition) is 0. The number of anilines is 2. The van der Waals surface area contributed by atoms with Gasteiger partial charge in [-0.25, -0.2) is 0 Å². The fourth-order valence-electron chi connectivity index (χ4n) is 1.93. The SMILES string of the molecule is CN1c2cc(Br)ccc2Oc2ccc(Br)cc21. The van der Waals surface area contributed by atoms with Crippen molar-refractivity contribution in [1.29, 1.82) is 0 Å². The molecule has 0 fully saturated rings. The van der Waals surface area contributed by atoms with Gasteiger partial charge in [0, 0.05) is 16.0 Å². The summed E-state index contributed by atoms with van der Waals surface area (Å²) in [6, 6.07) is 12.0. The summed E-state index contributed by atoms with van der Waals surface area (Å²) in [5.41, 5.74) is 2.12. The van der Waals surface area contributed by atoms with Gasteiger partial charge in [0.05, 0.1) is 11.4 Å². The molecule has 0 saturated heterocycles. The highest BCUT2D eigenvalue weighted by molar-refractivity contribution is 9.10. The van der Waals surface area contributed by atoms with E-state index in [0.717, 1.165) is 31.8 Å². The lowest BCUT2D eigenvalue weighted by atomic mass is 10.2. The van der Waals surface area contributed by atoms with Crippen molar-refractivity contribution in [2.24, 2.45) is 0 Å². The van der Waals surface area contributed by atoms with Gasteiger partial charge in [-0.2, -0.15) is 0 Å². The summed E-state index contributed by atoms with van der Waals surface area (Å²) in [6.45, 7) is 0. The predicted molar refractivity (Wildman–Crippen MR) is 76.4 cm³/mol. The smallest absolute Gasteiger partial charge is 0.151 e. The van der Waals surface area contributed by atoms with Gasteiger partial charge >= 0.3 is 0 Å². The summed E-state index contributed by atoms with van der Waals surface area (Å²) in [5, 5.41) is 0. The van der Waals surface area contributed by atoms with Crippen LogP contribution in [-0.4, -0.2) is 7.05 Å². The van der Waals surface area contributed by atoms with Crippen molar-refractivity contribution in [2.75, 3.05) is 11.9 Å². The highest BCUT2D eigenvalue weighted by Crippen LogP contribution is 2.47. The minimum atomic E-state index is 0.880. The van der Waals surface area contributed by atoms with Crippen LogP contribution in [0, 0.1) is 0 Å². The Hall–Kier alpha value is -1.00. The second-order valence-corrected chi connectivity index (χ2v) is 5.72. The molecular weight excluding hydrogens is 346 g/mol. The number of fused-ring (bicyclic) bond motifs is 2. The number of nitrogens with zero attached hydrogens (tertiary/aromatic N) is 1. The molecule has 0 unspecified atom stereocenters. The predicted octanol–water partition coefficient (Wildman–Crippen LogP) is 5.09. The van der Waals surface area contributed by atoms with Crippen LogP contribution in [0.4, 0.5) is 11.4 Å². The molecule has 2 aromatic carbocycles. The standard InChI is InChI=1S/C13H9Br2NO/c1-16-10-6-8(14)2-4-12(10)17-13-5-3-9(15)7-11(13)16/h2-7H,1H3. The molecule has 0 aromatic heterocycles. The zero-order valence-corrected chi connectivity index (χ0v) is 12.2. The van der Waals surface area contributed by atoms with Crippen LogP contribution in [-0.2, 0) is 0 Å². The summed E-state index contributed by atoms with van der Waals surface area (Å²) in [4.78, 5) is 2.13. The molecule has 4 heteroatoms. The second kappa shape index (κ2) is 4.03. The van der Waals surface area contributed by atoms with E-state index in [1.807, 2.05) is 31.3 Å². The maximum atomic E-state index is 5.87. The highest BCUT2D eigenvalue weighted by Gasteiger charge is 2.21. The van der Waals surface area contributed by atoms with E-state index in [1.54, 1.807) is 0 Å². The van der Waals surface area contributed by atoms with Crippen LogP contribution >= 0.6 is 31.9 Å². The second-order valence-electron chi connectivity index (χ2n) is 3.89. The monoisotopic (exact) mass is 353 g/mol. The first kappa shape index (κ1) is 11.1. The third-order valence-electron chi connectivity index (χ3n) is 2.78. The summed E-state index contributed by atoms with van der Waals surface area (Å²) in [5.74, 6) is 1.76. The molecule has 0 N–H and O–H groups in total. The van der Waals surface area contributed by atoms with Crippen LogP contribution in [0.2, 0.25) is 0 Å². The topological polar surface area (TPSA) is 12.5 Å². The van der Waals surface area contributed by atoms with Crippen molar-refractivity contribution >= 4 is 43.2 Å². The van der Waals surface area contributed by atoms with Crippen LogP contribution in [0.3, 0.4) is 0 Å². The van der Waals surface area contributed by atoms with Gasteiger partial charge in [0.2, 0.25) is 0 Å². The van der Waals surface area contributed by atoms with Crippen molar-refractivity contribution in [1.82, 2.24) is 0 Å². The molecule has 3 rings (SSSR count). The number of benzene rings is 2. The van der Waals surface area contributed by atoms with E-state index < -0.39 is 0 Å². The van der Waals surface area contributed by atoms with E-state index in [-0.39, 0.29) is 0 Å². The van der Waals surface area contributed by atoms with Gasteiger partial charge in [-0.15, -0.1) is 0 Å². The Morgan fingerprint density at radius 1 is 0.882 bits per heavy atom. The lowest BCUT2D eigenvalue weighted by Gasteiger charge is -2.29. The molecule has 0 radical (unpaired) electrons. The number of ether oxygens (including phenoxy) is 1. The van der Waals surface area contributed by atoms with Crippen molar-refractivity contribution < 1.29 is 4.74 Å². The molecule has 1 aliphatic heterocycles.